The number of rotatable bonds is 7. The van der Waals surface area contributed by atoms with Gasteiger partial charge < -0.3 is 11.1 Å². The fourth-order valence-corrected chi connectivity index (χ4v) is 1.31. The summed E-state index contributed by atoms with van der Waals surface area (Å²) in [7, 11) is 0. The molecule has 0 spiro atoms. The van der Waals surface area contributed by atoms with Gasteiger partial charge in [0.15, 0.2) is 0 Å². The van der Waals surface area contributed by atoms with Crippen molar-refractivity contribution >= 4 is 5.91 Å². The predicted molar refractivity (Wildman–Crippen MR) is 55.4 cm³/mol. The third-order valence-corrected chi connectivity index (χ3v) is 1.97. The van der Waals surface area contributed by atoms with Gasteiger partial charge in [-0.1, -0.05) is 40.0 Å². The molecule has 0 aliphatic heterocycles. The van der Waals surface area contributed by atoms with E-state index in [1.54, 1.807) is 0 Å². The summed E-state index contributed by atoms with van der Waals surface area (Å²) in [6, 6.07) is 0.172. The van der Waals surface area contributed by atoms with Gasteiger partial charge >= 0.3 is 0 Å². The van der Waals surface area contributed by atoms with Crippen molar-refractivity contribution in [2.75, 3.05) is 0 Å². The summed E-state index contributed by atoms with van der Waals surface area (Å²) in [5, 5.41) is 3.16. The van der Waals surface area contributed by atoms with Crippen LogP contribution in [0, 0.1) is 0 Å². The van der Waals surface area contributed by atoms with Crippen molar-refractivity contribution in [3.63, 3.8) is 0 Å². The Morgan fingerprint density at radius 3 is 2.38 bits per heavy atom. The lowest BCUT2D eigenvalue weighted by Gasteiger charge is -2.17. The Morgan fingerprint density at radius 1 is 1.38 bits per heavy atom. The van der Waals surface area contributed by atoms with E-state index in [4.69, 9.17) is 5.73 Å². The van der Waals surface area contributed by atoms with Crippen LogP contribution in [0.15, 0.2) is 0 Å². The molecular weight excluding hydrogens is 164 g/mol. The van der Waals surface area contributed by atoms with Gasteiger partial charge in [0.1, 0.15) is 0 Å². The lowest BCUT2D eigenvalue weighted by molar-refractivity contribution is -0.120. The molecule has 3 nitrogen and oxygen atoms in total. The topological polar surface area (TPSA) is 55.1 Å². The summed E-state index contributed by atoms with van der Waals surface area (Å²) in [6.45, 7) is 6.20. The van der Waals surface area contributed by atoms with E-state index in [9.17, 15) is 4.79 Å². The maximum Gasteiger partial charge on any atom is 0.234 e. The first kappa shape index (κ1) is 12.4. The minimum atomic E-state index is -0.232. The Morgan fingerprint density at radius 2 is 2.00 bits per heavy atom. The summed E-state index contributed by atoms with van der Waals surface area (Å²) in [6.07, 6.45) is 4.28. The highest BCUT2D eigenvalue weighted by Gasteiger charge is 2.14. The number of hydrogen-bond donors (Lipinski definition) is 2. The van der Waals surface area contributed by atoms with E-state index in [1.807, 2.05) is 13.8 Å². The summed E-state index contributed by atoms with van der Waals surface area (Å²) in [5.74, 6) is -0.232. The fourth-order valence-electron chi connectivity index (χ4n) is 1.31. The van der Waals surface area contributed by atoms with Gasteiger partial charge in [-0.05, 0) is 6.42 Å². The molecule has 0 aromatic carbocycles. The Balaban J connectivity index is 3.74. The molecule has 0 saturated carbocycles. The number of hydrogen-bond acceptors (Lipinski definition) is 2. The maximum absolute atomic E-state index is 11.0. The average molecular weight is 186 g/mol. The lowest BCUT2D eigenvalue weighted by Crippen LogP contribution is -2.44. The monoisotopic (exact) mass is 186 g/mol. The zero-order valence-electron chi connectivity index (χ0n) is 8.97. The van der Waals surface area contributed by atoms with E-state index in [0.29, 0.717) is 6.04 Å². The molecule has 1 amide bonds. The van der Waals surface area contributed by atoms with Crippen molar-refractivity contribution < 1.29 is 4.79 Å². The first-order chi connectivity index (χ1) is 6.07. The first-order valence-electron chi connectivity index (χ1n) is 5.13. The molecule has 0 radical (unpaired) electrons. The average Bonchev–Trinajstić information content (AvgIpc) is 2.02. The van der Waals surface area contributed by atoms with Crippen LogP contribution in [0.5, 0.6) is 0 Å². The van der Waals surface area contributed by atoms with Crippen LogP contribution in [-0.4, -0.2) is 18.0 Å². The molecule has 0 aromatic rings. The van der Waals surface area contributed by atoms with Gasteiger partial charge in [-0.2, -0.15) is 0 Å². The molecule has 1 unspecified atom stereocenters. The van der Waals surface area contributed by atoms with Crippen LogP contribution in [0.2, 0.25) is 0 Å². The molecule has 0 aromatic heterocycles. The van der Waals surface area contributed by atoms with Crippen LogP contribution < -0.4 is 11.1 Å². The van der Waals surface area contributed by atoms with Crippen LogP contribution in [0.4, 0.5) is 0 Å². The highest BCUT2D eigenvalue weighted by Crippen LogP contribution is 2.03. The maximum atomic E-state index is 11.0. The van der Waals surface area contributed by atoms with Crippen LogP contribution >= 0.6 is 0 Å². The van der Waals surface area contributed by atoms with Crippen LogP contribution in [-0.2, 0) is 4.79 Å². The zero-order chi connectivity index (χ0) is 10.3. The summed E-state index contributed by atoms with van der Waals surface area (Å²) >= 11 is 0. The highest BCUT2D eigenvalue weighted by atomic mass is 16.1. The molecule has 0 saturated heterocycles. The number of unbranched alkanes of at least 4 members (excludes halogenated alkanes) is 2. The Bertz CT molecular complexity index is 146. The van der Waals surface area contributed by atoms with E-state index < -0.39 is 0 Å². The van der Waals surface area contributed by atoms with Gasteiger partial charge in [0.25, 0.3) is 0 Å². The van der Waals surface area contributed by atoms with Gasteiger partial charge in [-0.3, -0.25) is 4.79 Å². The number of carbonyl (C=O) groups excluding carboxylic acids is 1. The van der Waals surface area contributed by atoms with E-state index in [1.165, 1.54) is 12.8 Å². The summed E-state index contributed by atoms with van der Waals surface area (Å²) in [4.78, 5) is 11.0. The van der Waals surface area contributed by atoms with Crippen LogP contribution in [0.1, 0.15) is 46.5 Å². The highest BCUT2D eigenvalue weighted by molar-refractivity contribution is 5.79. The molecule has 0 fully saturated rings. The Hall–Kier alpha value is -0.570. The van der Waals surface area contributed by atoms with Crippen molar-refractivity contribution in [2.24, 2.45) is 5.73 Å². The quantitative estimate of drug-likeness (QED) is 0.591. The normalized spacial score (nSPS) is 13.2. The lowest BCUT2D eigenvalue weighted by atomic mass is 10.1. The van der Waals surface area contributed by atoms with Crippen molar-refractivity contribution in [3.8, 4) is 0 Å². The standard InChI is InChI=1S/C10H22N2O/c1-4-5-6-7-9(10(11)13)12-8(2)3/h8-9,12H,4-7H2,1-3H3,(H2,11,13). The molecule has 0 bridgehead atoms. The molecule has 0 rings (SSSR count). The zero-order valence-corrected chi connectivity index (χ0v) is 8.97. The second-order valence-corrected chi connectivity index (χ2v) is 3.77. The molecule has 0 aliphatic rings. The first-order valence-corrected chi connectivity index (χ1v) is 5.13. The second-order valence-electron chi connectivity index (χ2n) is 3.77. The van der Waals surface area contributed by atoms with Gasteiger partial charge in [0.05, 0.1) is 6.04 Å². The van der Waals surface area contributed by atoms with Crippen molar-refractivity contribution in [2.45, 2.75) is 58.5 Å². The minimum Gasteiger partial charge on any atom is -0.368 e. The third kappa shape index (κ3) is 6.58. The minimum absolute atomic E-state index is 0.147. The Labute approximate surface area is 81.1 Å². The molecule has 13 heavy (non-hydrogen) atoms. The molecule has 78 valence electrons. The van der Waals surface area contributed by atoms with E-state index in [-0.39, 0.29) is 11.9 Å². The molecular formula is C10H22N2O. The fraction of sp³-hybridized carbons (Fsp3) is 0.900. The van der Waals surface area contributed by atoms with E-state index in [0.717, 1.165) is 12.8 Å². The third-order valence-electron chi connectivity index (χ3n) is 1.97. The molecule has 3 N–H and O–H groups in total. The van der Waals surface area contributed by atoms with Crippen molar-refractivity contribution in [1.29, 1.82) is 0 Å². The SMILES string of the molecule is CCCCCC(NC(C)C)C(N)=O. The number of nitrogens with two attached hydrogens (primary N) is 1. The predicted octanol–water partition coefficient (Wildman–Crippen LogP) is 1.42. The van der Waals surface area contributed by atoms with Crippen molar-refractivity contribution in [1.82, 2.24) is 5.32 Å². The van der Waals surface area contributed by atoms with Gasteiger partial charge in [-0.15, -0.1) is 0 Å². The van der Waals surface area contributed by atoms with E-state index in [2.05, 4.69) is 12.2 Å². The molecule has 3 heteroatoms. The Kier molecular flexibility index (Phi) is 6.59. The smallest absolute Gasteiger partial charge is 0.234 e. The van der Waals surface area contributed by atoms with Gasteiger partial charge in [0, 0.05) is 6.04 Å². The summed E-state index contributed by atoms with van der Waals surface area (Å²) < 4.78 is 0. The second kappa shape index (κ2) is 6.89. The largest absolute Gasteiger partial charge is 0.368 e. The van der Waals surface area contributed by atoms with Gasteiger partial charge in [0.2, 0.25) is 5.91 Å². The number of primary amides is 1. The van der Waals surface area contributed by atoms with Gasteiger partial charge in [-0.25, -0.2) is 0 Å². The number of carbonyl (C=O) groups is 1. The number of nitrogens with one attached hydrogen (secondary N) is 1. The van der Waals surface area contributed by atoms with E-state index >= 15 is 0 Å². The summed E-state index contributed by atoms with van der Waals surface area (Å²) in [5.41, 5.74) is 5.27. The van der Waals surface area contributed by atoms with Crippen LogP contribution in [0.3, 0.4) is 0 Å². The number of amides is 1. The van der Waals surface area contributed by atoms with Crippen molar-refractivity contribution in [3.05, 3.63) is 0 Å². The molecule has 0 aliphatic carbocycles. The molecule has 1 atom stereocenters. The van der Waals surface area contributed by atoms with Crippen LogP contribution in [0.25, 0.3) is 0 Å². The molecule has 0 heterocycles.